The monoisotopic (exact) mass is 397 g/mol. The van der Waals surface area contributed by atoms with Gasteiger partial charge in [-0.05, 0) is 87.5 Å². The molecule has 4 rings (SSSR count). The minimum atomic E-state index is 0.495. The van der Waals surface area contributed by atoms with E-state index in [1.165, 1.54) is 70.1 Å². The summed E-state index contributed by atoms with van der Waals surface area (Å²) < 4.78 is 5.77. The fourth-order valence-corrected chi connectivity index (χ4v) is 5.89. The molecule has 0 aromatic heterocycles. The van der Waals surface area contributed by atoms with Crippen molar-refractivity contribution in [3.63, 3.8) is 0 Å². The van der Waals surface area contributed by atoms with Gasteiger partial charge in [-0.1, -0.05) is 31.9 Å². The molecule has 2 fully saturated rings. The van der Waals surface area contributed by atoms with Crippen molar-refractivity contribution in [3.05, 3.63) is 29.3 Å². The first kappa shape index (κ1) is 20.9. The number of hydrogen-bond donors (Lipinski definition) is 0. The summed E-state index contributed by atoms with van der Waals surface area (Å²) in [6.07, 6.45) is 12.9. The van der Waals surface area contributed by atoms with Gasteiger partial charge < -0.3 is 9.64 Å². The van der Waals surface area contributed by atoms with E-state index in [-0.39, 0.29) is 0 Å². The van der Waals surface area contributed by atoms with Gasteiger partial charge in [-0.3, -0.25) is 4.79 Å². The summed E-state index contributed by atoms with van der Waals surface area (Å²) >= 11 is 0. The molecule has 29 heavy (non-hydrogen) atoms. The van der Waals surface area contributed by atoms with Crippen molar-refractivity contribution in [2.75, 3.05) is 26.2 Å². The fourth-order valence-electron chi connectivity index (χ4n) is 5.89. The summed E-state index contributed by atoms with van der Waals surface area (Å²) in [5.41, 5.74) is 3.05. The Labute approximate surface area is 177 Å². The molecule has 160 valence electrons. The number of likely N-dealkylation sites (tertiary alicyclic amines) is 1. The van der Waals surface area contributed by atoms with Crippen LogP contribution in [0.3, 0.4) is 0 Å². The Bertz CT molecular complexity index is 669. The molecule has 3 heteroatoms. The predicted octanol–water partition coefficient (Wildman–Crippen LogP) is 5.76. The van der Waals surface area contributed by atoms with Gasteiger partial charge in [0, 0.05) is 24.8 Å². The minimum absolute atomic E-state index is 0.495. The number of ketones is 1. The second kappa shape index (κ2) is 10.1. The summed E-state index contributed by atoms with van der Waals surface area (Å²) in [6, 6.07) is 6.66. The highest BCUT2D eigenvalue weighted by Crippen LogP contribution is 2.37. The lowest BCUT2D eigenvalue weighted by molar-refractivity contribution is -0.120. The van der Waals surface area contributed by atoms with Crippen LogP contribution >= 0.6 is 0 Å². The molecule has 0 bridgehead atoms. The standard InChI is InChI=1S/C26H39NO2/c1-2-4-23(28)19-21-9-7-20(8-10-21)11-15-27-16-12-22(13-17-27)24-5-3-6-26-25(24)14-18-29-26/h3,5-6,20-22H,2,4,7-19H2,1H3. The number of carbonyl (C=O) groups excluding carboxylic acids is 1. The first-order chi connectivity index (χ1) is 14.2. The molecule has 0 atom stereocenters. The average molecular weight is 398 g/mol. The molecule has 2 aliphatic heterocycles. The topological polar surface area (TPSA) is 29.5 Å². The Morgan fingerprint density at radius 2 is 1.83 bits per heavy atom. The van der Waals surface area contributed by atoms with Gasteiger partial charge in [0.2, 0.25) is 0 Å². The first-order valence-corrected chi connectivity index (χ1v) is 12.2. The van der Waals surface area contributed by atoms with Gasteiger partial charge in [0.05, 0.1) is 6.61 Å². The summed E-state index contributed by atoms with van der Waals surface area (Å²) in [4.78, 5) is 14.6. The third-order valence-electron chi connectivity index (χ3n) is 7.67. The number of piperidine rings is 1. The zero-order chi connectivity index (χ0) is 20.1. The van der Waals surface area contributed by atoms with Crippen molar-refractivity contribution in [1.29, 1.82) is 0 Å². The number of hydrogen-bond acceptors (Lipinski definition) is 3. The number of carbonyl (C=O) groups is 1. The van der Waals surface area contributed by atoms with Crippen molar-refractivity contribution in [1.82, 2.24) is 4.90 Å². The summed E-state index contributed by atoms with van der Waals surface area (Å²) in [7, 11) is 0. The van der Waals surface area contributed by atoms with Crippen LogP contribution in [0.4, 0.5) is 0 Å². The molecule has 1 aromatic rings. The molecule has 3 aliphatic rings. The second-order valence-electron chi connectivity index (χ2n) is 9.71. The van der Waals surface area contributed by atoms with E-state index in [9.17, 15) is 4.79 Å². The number of Topliss-reactive ketones (excluding diaryl/α,β-unsaturated/α-hetero) is 1. The SMILES string of the molecule is CCCC(=O)CC1CCC(CCN2CCC(c3cccc4c3CCO4)CC2)CC1. The quantitative estimate of drug-likeness (QED) is 0.559. The normalized spacial score (nSPS) is 25.6. The Morgan fingerprint density at radius 1 is 1.07 bits per heavy atom. The highest BCUT2D eigenvalue weighted by molar-refractivity contribution is 5.78. The van der Waals surface area contributed by atoms with Crippen LogP contribution in [0.2, 0.25) is 0 Å². The van der Waals surface area contributed by atoms with Crippen molar-refractivity contribution < 1.29 is 9.53 Å². The Balaban J connectivity index is 1.16. The number of ether oxygens (including phenoxy) is 1. The van der Waals surface area contributed by atoms with E-state index in [2.05, 4.69) is 30.0 Å². The molecule has 2 heterocycles. The first-order valence-electron chi connectivity index (χ1n) is 12.2. The lowest BCUT2D eigenvalue weighted by Crippen LogP contribution is -2.35. The highest BCUT2D eigenvalue weighted by Gasteiger charge is 2.27. The largest absolute Gasteiger partial charge is 0.493 e. The van der Waals surface area contributed by atoms with Crippen molar-refractivity contribution >= 4 is 5.78 Å². The van der Waals surface area contributed by atoms with Crippen molar-refractivity contribution in [2.24, 2.45) is 11.8 Å². The molecule has 0 amide bonds. The summed E-state index contributed by atoms with van der Waals surface area (Å²) in [5.74, 6) is 3.92. The maximum atomic E-state index is 11.9. The maximum Gasteiger partial charge on any atom is 0.133 e. The van der Waals surface area contributed by atoms with Crippen LogP contribution in [0.25, 0.3) is 0 Å². The van der Waals surface area contributed by atoms with Crippen LogP contribution in [-0.4, -0.2) is 36.9 Å². The van der Waals surface area contributed by atoms with E-state index in [1.54, 1.807) is 5.56 Å². The van der Waals surface area contributed by atoms with Gasteiger partial charge in [-0.25, -0.2) is 0 Å². The lowest BCUT2D eigenvalue weighted by atomic mass is 9.78. The number of rotatable bonds is 8. The number of benzene rings is 1. The summed E-state index contributed by atoms with van der Waals surface area (Å²) in [5, 5.41) is 0. The molecule has 1 saturated carbocycles. The van der Waals surface area contributed by atoms with Crippen LogP contribution in [0.15, 0.2) is 18.2 Å². The second-order valence-corrected chi connectivity index (χ2v) is 9.71. The van der Waals surface area contributed by atoms with Gasteiger partial charge in [-0.2, -0.15) is 0 Å². The van der Waals surface area contributed by atoms with Crippen LogP contribution in [0.1, 0.15) is 88.2 Å². The number of fused-ring (bicyclic) bond motifs is 1. The molecular weight excluding hydrogens is 358 g/mol. The maximum absolute atomic E-state index is 11.9. The predicted molar refractivity (Wildman–Crippen MR) is 119 cm³/mol. The zero-order valence-electron chi connectivity index (χ0n) is 18.3. The minimum Gasteiger partial charge on any atom is -0.493 e. The van der Waals surface area contributed by atoms with Gasteiger partial charge in [-0.15, -0.1) is 0 Å². The average Bonchev–Trinajstić information content (AvgIpc) is 3.23. The molecule has 0 unspecified atom stereocenters. The van der Waals surface area contributed by atoms with E-state index in [0.717, 1.165) is 49.9 Å². The van der Waals surface area contributed by atoms with E-state index < -0.39 is 0 Å². The van der Waals surface area contributed by atoms with Crippen LogP contribution in [0.5, 0.6) is 5.75 Å². The Morgan fingerprint density at radius 3 is 2.59 bits per heavy atom. The number of nitrogens with zero attached hydrogens (tertiary/aromatic N) is 1. The molecule has 1 aromatic carbocycles. The summed E-state index contributed by atoms with van der Waals surface area (Å²) in [6.45, 7) is 6.73. The van der Waals surface area contributed by atoms with E-state index in [4.69, 9.17) is 4.74 Å². The Kier molecular flexibility index (Phi) is 7.29. The molecule has 1 saturated heterocycles. The van der Waals surface area contributed by atoms with Gasteiger partial charge in [0.25, 0.3) is 0 Å². The Hall–Kier alpha value is -1.35. The van der Waals surface area contributed by atoms with E-state index in [1.807, 2.05) is 0 Å². The highest BCUT2D eigenvalue weighted by atomic mass is 16.5. The van der Waals surface area contributed by atoms with Gasteiger partial charge in [0.15, 0.2) is 0 Å². The van der Waals surface area contributed by atoms with Gasteiger partial charge >= 0.3 is 0 Å². The molecule has 0 spiro atoms. The molecule has 3 nitrogen and oxygen atoms in total. The molecule has 0 N–H and O–H groups in total. The third kappa shape index (κ3) is 5.42. The fraction of sp³-hybridized carbons (Fsp3) is 0.731. The van der Waals surface area contributed by atoms with Crippen LogP contribution < -0.4 is 4.74 Å². The lowest BCUT2D eigenvalue weighted by Gasteiger charge is -2.35. The van der Waals surface area contributed by atoms with Crippen LogP contribution in [0, 0.1) is 11.8 Å². The van der Waals surface area contributed by atoms with Crippen LogP contribution in [-0.2, 0) is 11.2 Å². The van der Waals surface area contributed by atoms with Gasteiger partial charge in [0.1, 0.15) is 11.5 Å². The zero-order valence-corrected chi connectivity index (χ0v) is 18.3. The molecule has 1 aliphatic carbocycles. The third-order valence-corrected chi connectivity index (χ3v) is 7.67. The van der Waals surface area contributed by atoms with E-state index >= 15 is 0 Å². The van der Waals surface area contributed by atoms with Crippen molar-refractivity contribution in [2.45, 2.75) is 83.5 Å². The molecular formula is C26H39NO2. The van der Waals surface area contributed by atoms with Crippen molar-refractivity contribution in [3.8, 4) is 5.75 Å². The smallest absolute Gasteiger partial charge is 0.133 e. The van der Waals surface area contributed by atoms with E-state index in [0.29, 0.717) is 11.7 Å². The molecule has 0 radical (unpaired) electrons.